The molecule has 19 heavy (non-hydrogen) atoms. The standard InChI is InChI=1S/C10H6O6S3/c1-15-8(12)3-4(11)6-7(10(14)19-18-6)17-5(3)9(13)16-2/h1-2H3. The van der Waals surface area contributed by atoms with E-state index in [9.17, 15) is 19.2 Å². The molecule has 2 aromatic rings. The highest BCUT2D eigenvalue weighted by Gasteiger charge is 2.26. The van der Waals surface area contributed by atoms with Gasteiger partial charge in [-0.2, -0.15) is 0 Å². The molecule has 0 fully saturated rings. The highest BCUT2D eigenvalue weighted by atomic mass is 32.9. The van der Waals surface area contributed by atoms with Gasteiger partial charge in [0, 0.05) is 0 Å². The van der Waals surface area contributed by atoms with E-state index < -0.39 is 17.4 Å². The highest BCUT2D eigenvalue weighted by Crippen LogP contribution is 2.26. The number of rotatable bonds is 2. The zero-order valence-electron chi connectivity index (χ0n) is 9.67. The van der Waals surface area contributed by atoms with Crippen molar-refractivity contribution in [2.45, 2.75) is 0 Å². The maximum Gasteiger partial charge on any atom is 0.349 e. The lowest BCUT2D eigenvalue weighted by atomic mass is 10.2. The largest absolute Gasteiger partial charge is 0.465 e. The molecular formula is C10H6O6S3. The van der Waals surface area contributed by atoms with Crippen LogP contribution in [0.15, 0.2) is 9.59 Å². The number of ether oxygens (including phenoxy) is 2. The SMILES string of the molecule is COC(=O)c1sc2c(=O)ssc2c(=O)c1C(=O)OC. The molecule has 0 aliphatic heterocycles. The predicted molar refractivity (Wildman–Crippen MR) is 72.8 cm³/mol. The molecule has 6 nitrogen and oxygen atoms in total. The van der Waals surface area contributed by atoms with E-state index in [-0.39, 0.29) is 24.6 Å². The molecule has 0 aliphatic carbocycles. The van der Waals surface area contributed by atoms with E-state index in [2.05, 4.69) is 9.47 Å². The van der Waals surface area contributed by atoms with Crippen LogP contribution in [0, 0.1) is 0 Å². The Bertz CT molecular complexity index is 781. The first-order chi connectivity index (χ1) is 9.01. The minimum Gasteiger partial charge on any atom is -0.465 e. The predicted octanol–water partition coefficient (Wildman–Crippen LogP) is 1.32. The number of carbonyl (C=O) groups excluding carboxylic acids is 2. The van der Waals surface area contributed by atoms with Crippen molar-refractivity contribution < 1.29 is 19.1 Å². The first-order valence-corrected chi connectivity index (χ1v) is 7.74. The number of methoxy groups -OCH3 is 2. The third kappa shape index (κ3) is 2.20. The molecule has 9 heteroatoms. The van der Waals surface area contributed by atoms with Gasteiger partial charge in [0.25, 0.3) is 4.74 Å². The molecule has 0 amide bonds. The molecular weight excluding hydrogens is 312 g/mol. The number of hydrogen-bond donors (Lipinski definition) is 0. The second-order valence-corrected chi connectivity index (χ2v) is 6.36. The molecule has 0 aliphatic rings. The van der Waals surface area contributed by atoms with Crippen LogP contribution in [0.1, 0.15) is 20.0 Å². The summed E-state index contributed by atoms with van der Waals surface area (Å²) in [6.45, 7) is 0. The van der Waals surface area contributed by atoms with Crippen LogP contribution in [-0.2, 0) is 9.47 Å². The highest BCUT2D eigenvalue weighted by molar-refractivity contribution is 7.72. The quantitative estimate of drug-likeness (QED) is 0.613. The molecule has 0 saturated carbocycles. The Labute approximate surface area is 117 Å². The summed E-state index contributed by atoms with van der Waals surface area (Å²) in [6.07, 6.45) is 0. The molecule has 0 spiro atoms. The van der Waals surface area contributed by atoms with Crippen LogP contribution in [0.4, 0.5) is 0 Å². The normalized spacial score (nSPS) is 10.4. The average molecular weight is 318 g/mol. The van der Waals surface area contributed by atoms with Gasteiger partial charge in [0.05, 0.1) is 14.2 Å². The second kappa shape index (κ2) is 5.19. The lowest BCUT2D eigenvalue weighted by molar-refractivity contribution is 0.0558. The Morgan fingerprint density at radius 3 is 2.16 bits per heavy atom. The van der Waals surface area contributed by atoms with E-state index in [4.69, 9.17) is 0 Å². The third-order valence-corrected chi connectivity index (χ3v) is 5.84. The summed E-state index contributed by atoms with van der Waals surface area (Å²) in [4.78, 5) is 46.8. The molecule has 0 aromatic carbocycles. The molecule has 0 radical (unpaired) electrons. The first kappa shape index (κ1) is 13.8. The van der Waals surface area contributed by atoms with Gasteiger partial charge in [0.15, 0.2) is 0 Å². The van der Waals surface area contributed by atoms with Gasteiger partial charge in [0.2, 0.25) is 5.43 Å². The maximum atomic E-state index is 12.2. The first-order valence-electron chi connectivity index (χ1n) is 4.77. The van der Waals surface area contributed by atoms with Crippen molar-refractivity contribution in [1.82, 2.24) is 0 Å². The van der Waals surface area contributed by atoms with Crippen molar-refractivity contribution in [3.63, 3.8) is 0 Å². The van der Waals surface area contributed by atoms with E-state index in [1.165, 1.54) is 0 Å². The number of esters is 2. The Morgan fingerprint density at radius 2 is 1.58 bits per heavy atom. The molecule has 0 N–H and O–H groups in total. The summed E-state index contributed by atoms with van der Waals surface area (Å²) in [7, 11) is 4.09. The van der Waals surface area contributed by atoms with Crippen LogP contribution >= 0.6 is 32.0 Å². The zero-order chi connectivity index (χ0) is 14.2. The lowest BCUT2D eigenvalue weighted by Crippen LogP contribution is -2.21. The van der Waals surface area contributed by atoms with Gasteiger partial charge in [-0.25, -0.2) is 9.59 Å². The third-order valence-electron chi connectivity index (χ3n) is 2.22. The van der Waals surface area contributed by atoms with Gasteiger partial charge in [-0.05, 0) is 10.3 Å². The molecule has 0 saturated heterocycles. The fourth-order valence-electron chi connectivity index (χ4n) is 1.37. The molecule has 0 atom stereocenters. The molecule has 2 rings (SSSR count). The molecule has 100 valence electrons. The summed E-state index contributed by atoms with van der Waals surface area (Å²) in [6, 6.07) is 0. The monoisotopic (exact) mass is 318 g/mol. The number of hydrogen-bond acceptors (Lipinski definition) is 9. The van der Waals surface area contributed by atoms with Gasteiger partial charge in [-0.3, -0.25) is 9.59 Å². The Kier molecular flexibility index (Phi) is 3.78. The summed E-state index contributed by atoms with van der Waals surface area (Å²) in [5, 5.41) is 0. The van der Waals surface area contributed by atoms with Crippen LogP contribution < -0.4 is 10.2 Å². The maximum absolute atomic E-state index is 12.2. The van der Waals surface area contributed by atoms with Gasteiger partial charge >= 0.3 is 11.9 Å². The van der Waals surface area contributed by atoms with E-state index >= 15 is 0 Å². The average Bonchev–Trinajstić information content (AvgIpc) is 2.79. The summed E-state index contributed by atoms with van der Waals surface area (Å²) < 4.78 is 9.02. The molecule has 2 heterocycles. The number of carbonyl (C=O) groups is 2. The van der Waals surface area contributed by atoms with E-state index in [1.54, 1.807) is 0 Å². The fourth-order valence-corrected chi connectivity index (χ4v) is 5.06. The Hall–Kier alpha value is -1.58. The van der Waals surface area contributed by atoms with Gasteiger partial charge < -0.3 is 9.47 Å². The van der Waals surface area contributed by atoms with Crippen LogP contribution in [0.3, 0.4) is 0 Å². The molecule has 0 bridgehead atoms. The zero-order valence-corrected chi connectivity index (χ0v) is 12.1. The summed E-state index contributed by atoms with van der Waals surface area (Å²) in [5.74, 6) is -1.77. The van der Waals surface area contributed by atoms with Gasteiger partial charge in [-0.1, -0.05) is 10.3 Å². The van der Waals surface area contributed by atoms with Crippen molar-refractivity contribution in [3.05, 3.63) is 30.2 Å². The molecule has 0 unspecified atom stereocenters. The summed E-state index contributed by atoms with van der Waals surface area (Å²) >= 11 is 0.770. The lowest BCUT2D eigenvalue weighted by Gasteiger charge is -2.04. The minimum absolute atomic E-state index is 0.160. The van der Waals surface area contributed by atoms with Crippen molar-refractivity contribution in [1.29, 1.82) is 0 Å². The summed E-state index contributed by atoms with van der Waals surface area (Å²) in [5.41, 5.74) is -1.06. The van der Waals surface area contributed by atoms with Gasteiger partial charge in [-0.15, -0.1) is 11.3 Å². The minimum atomic E-state index is -0.922. The van der Waals surface area contributed by atoms with Gasteiger partial charge in [0.1, 0.15) is 19.8 Å². The fraction of sp³-hybridized carbons (Fsp3) is 0.200. The van der Waals surface area contributed by atoms with Crippen molar-refractivity contribution in [3.8, 4) is 0 Å². The van der Waals surface area contributed by atoms with Crippen molar-refractivity contribution in [2.75, 3.05) is 14.2 Å². The topological polar surface area (TPSA) is 86.7 Å². The van der Waals surface area contributed by atoms with E-state index in [1.807, 2.05) is 0 Å². The molecule has 2 aromatic heterocycles. The van der Waals surface area contributed by atoms with Crippen LogP contribution in [0.2, 0.25) is 0 Å². The van der Waals surface area contributed by atoms with Crippen LogP contribution in [0.5, 0.6) is 0 Å². The van der Waals surface area contributed by atoms with Crippen LogP contribution in [0.25, 0.3) is 9.40 Å². The van der Waals surface area contributed by atoms with Crippen molar-refractivity contribution >= 4 is 53.4 Å². The number of fused-ring (bicyclic) bond motifs is 1. The van der Waals surface area contributed by atoms with E-state index in [0.29, 0.717) is 0 Å². The second-order valence-electron chi connectivity index (χ2n) is 3.23. The van der Waals surface area contributed by atoms with Crippen molar-refractivity contribution in [2.24, 2.45) is 0 Å². The Morgan fingerprint density at radius 1 is 0.947 bits per heavy atom. The van der Waals surface area contributed by atoms with E-state index in [0.717, 1.165) is 46.2 Å². The Balaban J connectivity index is 2.94. The smallest absolute Gasteiger partial charge is 0.349 e. The van der Waals surface area contributed by atoms with Crippen LogP contribution in [-0.4, -0.2) is 26.2 Å².